The first-order chi connectivity index (χ1) is 15.7. The fourth-order valence-electron chi connectivity index (χ4n) is 3.88. The molecule has 1 N–H and O–H groups in total. The maximum absolute atomic E-state index is 12.9. The van der Waals surface area contributed by atoms with Crippen molar-refractivity contribution in [3.05, 3.63) is 65.7 Å². The van der Waals surface area contributed by atoms with Crippen molar-refractivity contribution in [2.24, 2.45) is 5.92 Å². The standard InChI is InChI=1S/C25H28N4O2S/c1-2-14-26-25(31)20-8-6-15-28(17-20)23(30)13-12-19-18-29(21-9-4-3-5-10-21)27-24(19)22-11-7-16-32-22/h3-5,7,9-13,16,18,20H,2,6,8,14-15,17H2,1H3,(H,26,31)/b13-12+. The monoisotopic (exact) mass is 448 g/mol. The Bertz CT molecular complexity index is 1070. The molecular weight excluding hydrogens is 420 g/mol. The molecule has 1 atom stereocenters. The van der Waals surface area contributed by atoms with Gasteiger partial charge in [-0.15, -0.1) is 11.3 Å². The summed E-state index contributed by atoms with van der Waals surface area (Å²) in [7, 11) is 0. The molecule has 1 aromatic carbocycles. The van der Waals surface area contributed by atoms with E-state index in [4.69, 9.17) is 5.10 Å². The molecular formula is C25H28N4O2S. The van der Waals surface area contributed by atoms with Gasteiger partial charge < -0.3 is 10.2 Å². The first kappa shape index (κ1) is 22.0. The zero-order chi connectivity index (χ0) is 22.3. The number of thiophene rings is 1. The van der Waals surface area contributed by atoms with Gasteiger partial charge >= 0.3 is 0 Å². The number of likely N-dealkylation sites (tertiary alicyclic amines) is 1. The lowest BCUT2D eigenvalue weighted by atomic mass is 9.97. The van der Waals surface area contributed by atoms with Crippen molar-refractivity contribution in [1.29, 1.82) is 0 Å². The van der Waals surface area contributed by atoms with Gasteiger partial charge in [0, 0.05) is 37.5 Å². The van der Waals surface area contributed by atoms with Crippen LogP contribution in [-0.2, 0) is 9.59 Å². The van der Waals surface area contributed by atoms with Crippen LogP contribution >= 0.6 is 11.3 Å². The molecule has 1 aliphatic rings. The van der Waals surface area contributed by atoms with Crippen LogP contribution in [0.4, 0.5) is 0 Å². The molecule has 0 saturated carbocycles. The molecule has 7 heteroatoms. The van der Waals surface area contributed by atoms with Crippen LogP contribution in [0, 0.1) is 5.92 Å². The number of para-hydroxylation sites is 1. The SMILES string of the molecule is CCCNC(=O)C1CCCN(C(=O)/C=C/c2cn(-c3ccccc3)nc2-c2cccs2)C1. The normalized spacial score (nSPS) is 16.4. The lowest BCUT2D eigenvalue weighted by molar-refractivity contribution is -0.132. The van der Waals surface area contributed by atoms with E-state index in [2.05, 4.69) is 5.32 Å². The largest absolute Gasteiger partial charge is 0.356 e. The topological polar surface area (TPSA) is 67.2 Å². The second-order valence-corrected chi connectivity index (χ2v) is 8.89. The summed E-state index contributed by atoms with van der Waals surface area (Å²) < 4.78 is 1.84. The van der Waals surface area contributed by atoms with Gasteiger partial charge in [0.1, 0.15) is 5.69 Å². The Morgan fingerprint density at radius 3 is 2.81 bits per heavy atom. The van der Waals surface area contributed by atoms with Crippen LogP contribution in [0.3, 0.4) is 0 Å². The van der Waals surface area contributed by atoms with Gasteiger partial charge in [-0.05, 0) is 48.9 Å². The Balaban J connectivity index is 1.51. The van der Waals surface area contributed by atoms with Crippen molar-refractivity contribution in [2.45, 2.75) is 26.2 Å². The molecule has 6 nitrogen and oxygen atoms in total. The summed E-state index contributed by atoms with van der Waals surface area (Å²) in [5.74, 6) is -0.143. The van der Waals surface area contributed by atoms with Gasteiger partial charge in [-0.25, -0.2) is 4.68 Å². The fraction of sp³-hybridized carbons (Fsp3) is 0.320. The van der Waals surface area contributed by atoms with E-state index in [9.17, 15) is 9.59 Å². The van der Waals surface area contributed by atoms with E-state index in [1.54, 1.807) is 22.3 Å². The van der Waals surface area contributed by atoms with E-state index < -0.39 is 0 Å². The van der Waals surface area contributed by atoms with Crippen molar-refractivity contribution in [3.63, 3.8) is 0 Å². The van der Waals surface area contributed by atoms with Crippen molar-refractivity contribution in [1.82, 2.24) is 20.0 Å². The number of carbonyl (C=O) groups is 2. The Hall–Kier alpha value is -3.19. The Labute approximate surface area is 192 Å². The Morgan fingerprint density at radius 1 is 1.22 bits per heavy atom. The van der Waals surface area contributed by atoms with E-state index >= 15 is 0 Å². The van der Waals surface area contributed by atoms with E-state index in [0.29, 0.717) is 19.6 Å². The molecule has 0 aliphatic carbocycles. The van der Waals surface area contributed by atoms with Gasteiger partial charge in [0.05, 0.1) is 16.5 Å². The number of hydrogen-bond donors (Lipinski definition) is 1. The molecule has 2 amide bonds. The second kappa shape index (κ2) is 10.4. The average Bonchev–Trinajstić information content (AvgIpc) is 3.51. The summed E-state index contributed by atoms with van der Waals surface area (Å²) in [5.41, 5.74) is 2.70. The second-order valence-electron chi connectivity index (χ2n) is 7.94. The number of amides is 2. The van der Waals surface area contributed by atoms with Gasteiger partial charge in [-0.2, -0.15) is 5.10 Å². The lowest BCUT2D eigenvalue weighted by Crippen LogP contribution is -2.45. The summed E-state index contributed by atoms with van der Waals surface area (Å²) >= 11 is 1.62. The van der Waals surface area contributed by atoms with Gasteiger partial charge in [-0.3, -0.25) is 9.59 Å². The van der Waals surface area contributed by atoms with Crippen molar-refractivity contribution in [3.8, 4) is 16.3 Å². The van der Waals surface area contributed by atoms with Crippen LogP contribution in [0.15, 0.2) is 60.1 Å². The smallest absolute Gasteiger partial charge is 0.246 e. The molecule has 1 unspecified atom stereocenters. The van der Waals surface area contributed by atoms with Gasteiger partial charge in [0.15, 0.2) is 0 Å². The molecule has 0 radical (unpaired) electrons. The molecule has 1 fully saturated rings. The van der Waals surface area contributed by atoms with E-state index in [0.717, 1.165) is 41.1 Å². The van der Waals surface area contributed by atoms with Crippen LogP contribution in [0.1, 0.15) is 31.7 Å². The number of nitrogens with one attached hydrogen (secondary N) is 1. The van der Waals surface area contributed by atoms with Crippen LogP contribution in [0.2, 0.25) is 0 Å². The molecule has 166 valence electrons. The molecule has 4 rings (SSSR count). The maximum Gasteiger partial charge on any atom is 0.246 e. The zero-order valence-corrected chi connectivity index (χ0v) is 19.1. The molecule has 1 aliphatic heterocycles. The summed E-state index contributed by atoms with van der Waals surface area (Å²) in [6, 6.07) is 14.0. The third kappa shape index (κ3) is 5.16. The fourth-order valence-corrected chi connectivity index (χ4v) is 4.61. The van der Waals surface area contributed by atoms with Crippen LogP contribution in [0.5, 0.6) is 0 Å². The van der Waals surface area contributed by atoms with Crippen LogP contribution in [-0.4, -0.2) is 46.1 Å². The number of hydrogen-bond acceptors (Lipinski definition) is 4. The third-order valence-electron chi connectivity index (χ3n) is 5.58. The van der Waals surface area contributed by atoms with E-state index in [1.165, 1.54) is 0 Å². The number of aromatic nitrogens is 2. The lowest BCUT2D eigenvalue weighted by Gasteiger charge is -2.31. The predicted molar refractivity (Wildman–Crippen MR) is 129 cm³/mol. The number of carbonyl (C=O) groups excluding carboxylic acids is 2. The predicted octanol–water partition coefficient (Wildman–Crippen LogP) is 4.38. The van der Waals surface area contributed by atoms with Gasteiger partial charge in [0.25, 0.3) is 0 Å². The van der Waals surface area contributed by atoms with Crippen molar-refractivity contribution >= 4 is 29.2 Å². The minimum atomic E-state index is -0.129. The molecule has 32 heavy (non-hydrogen) atoms. The number of benzene rings is 1. The number of piperidine rings is 1. The summed E-state index contributed by atoms with van der Waals surface area (Å²) in [4.78, 5) is 28.1. The minimum Gasteiger partial charge on any atom is -0.356 e. The minimum absolute atomic E-state index is 0.0532. The molecule has 2 aromatic heterocycles. The van der Waals surface area contributed by atoms with Crippen LogP contribution in [0.25, 0.3) is 22.3 Å². The first-order valence-corrected chi connectivity index (χ1v) is 12.0. The van der Waals surface area contributed by atoms with E-state index in [1.807, 2.05) is 71.7 Å². The summed E-state index contributed by atoms with van der Waals surface area (Å²) in [5, 5.41) is 9.75. The molecule has 3 aromatic rings. The molecule has 3 heterocycles. The molecule has 0 bridgehead atoms. The highest BCUT2D eigenvalue weighted by Gasteiger charge is 2.27. The molecule has 1 saturated heterocycles. The summed E-state index contributed by atoms with van der Waals surface area (Å²) in [6.45, 7) is 3.87. The van der Waals surface area contributed by atoms with Crippen molar-refractivity contribution < 1.29 is 9.59 Å². The van der Waals surface area contributed by atoms with E-state index in [-0.39, 0.29) is 17.7 Å². The quantitative estimate of drug-likeness (QED) is 0.546. The van der Waals surface area contributed by atoms with Crippen LogP contribution < -0.4 is 5.32 Å². The zero-order valence-electron chi connectivity index (χ0n) is 18.2. The molecule has 0 spiro atoms. The van der Waals surface area contributed by atoms with Gasteiger partial charge in [0.2, 0.25) is 11.8 Å². The maximum atomic E-state index is 12.9. The van der Waals surface area contributed by atoms with Crippen molar-refractivity contribution in [2.75, 3.05) is 19.6 Å². The third-order valence-corrected chi connectivity index (χ3v) is 6.45. The average molecular weight is 449 g/mol. The number of nitrogens with zero attached hydrogens (tertiary/aromatic N) is 3. The highest BCUT2D eigenvalue weighted by atomic mass is 32.1. The Morgan fingerprint density at radius 2 is 2.06 bits per heavy atom. The summed E-state index contributed by atoms with van der Waals surface area (Å²) in [6.07, 6.45) is 7.98. The first-order valence-electron chi connectivity index (χ1n) is 11.1. The highest BCUT2D eigenvalue weighted by Crippen LogP contribution is 2.28. The Kier molecular flexibility index (Phi) is 7.17. The number of rotatable bonds is 7. The van der Waals surface area contributed by atoms with Gasteiger partial charge in [-0.1, -0.05) is 31.2 Å². The highest BCUT2D eigenvalue weighted by molar-refractivity contribution is 7.13.